The molecule has 0 radical (unpaired) electrons. The van der Waals surface area contributed by atoms with Gasteiger partial charge >= 0.3 is 6.03 Å². The lowest BCUT2D eigenvalue weighted by molar-refractivity contribution is -0.386. The molecule has 2 N–H and O–H groups in total. The smallest absolute Gasteiger partial charge is 0.317 e. The Morgan fingerprint density at radius 3 is 2.75 bits per heavy atom. The number of carbonyl (C=O) groups is 1. The number of nitro benzene ring substituents is 1. The molecular formula is C20H29N5O3. The molecule has 28 heavy (non-hydrogen) atoms. The van der Waals surface area contributed by atoms with Crippen molar-refractivity contribution in [3.8, 4) is 0 Å². The lowest BCUT2D eigenvalue weighted by Crippen LogP contribution is -2.56. The number of amides is 2. The zero-order valence-corrected chi connectivity index (χ0v) is 16.8. The number of piperidine rings is 1. The minimum atomic E-state index is -0.245. The van der Waals surface area contributed by atoms with Crippen molar-refractivity contribution in [3.05, 3.63) is 33.4 Å². The van der Waals surface area contributed by atoms with E-state index >= 15 is 0 Å². The second-order valence-electron chi connectivity index (χ2n) is 8.20. The van der Waals surface area contributed by atoms with Gasteiger partial charge in [-0.2, -0.15) is 0 Å². The molecule has 1 aliphatic carbocycles. The van der Waals surface area contributed by atoms with Crippen LogP contribution in [0.4, 0.5) is 16.2 Å². The van der Waals surface area contributed by atoms with Crippen LogP contribution in [0.3, 0.4) is 0 Å². The third-order valence-electron chi connectivity index (χ3n) is 6.76. The lowest BCUT2D eigenvalue weighted by Gasteiger charge is -2.47. The molecule has 2 aliphatic heterocycles. The van der Waals surface area contributed by atoms with Gasteiger partial charge in [-0.05, 0) is 45.4 Å². The zero-order chi connectivity index (χ0) is 20.0. The fraction of sp³-hybridized carbons (Fsp3) is 0.650. The van der Waals surface area contributed by atoms with Crippen LogP contribution in [0.5, 0.6) is 0 Å². The van der Waals surface area contributed by atoms with Crippen molar-refractivity contribution in [3.63, 3.8) is 0 Å². The molecule has 0 spiro atoms. The van der Waals surface area contributed by atoms with Gasteiger partial charge in [-0.25, -0.2) is 4.79 Å². The summed E-state index contributed by atoms with van der Waals surface area (Å²) in [6.45, 7) is 6.90. The summed E-state index contributed by atoms with van der Waals surface area (Å²) < 4.78 is 0. The number of anilines is 1. The van der Waals surface area contributed by atoms with Gasteiger partial charge in [-0.1, -0.05) is 0 Å². The number of nitro groups is 1. The molecular weight excluding hydrogens is 358 g/mol. The molecule has 3 aliphatic rings. The largest absolute Gasteiger partial charge is 0.384 e. The highest BCUT2D eigenvalue weighted by molar-refractivity contribution is 5.74. The van der Waals surface area contributed by atoms with E-state index in [1.165, 1.54) is 0 Å². The molecule has 8 heteroatoms. The lowest BCUT2D eigenvalue weighted by atomic mass is 9.69. The maximum absolute atomic E-state index is 12.6. The molecule has 4 atom stereocenters. The van der Waals surface area contributed by atoms with E-state index in [0.29, 0.717) is 19.0 Å². The third kappa shape index (κ3) is 2.99. The summed E-state index contributed by atoms with van der Waals surface area (Å²) in [7, 11) is 2.08. The van der Waals surface area contributed by atoms with Crippen molar-refractivity contribution in [1.82, 2.24) is 15.1 Å². The van der Waals surface area contributed by atoms with Crippen LogP contribution in [0.15, 0.2) is 12.1 Å². The average molecular weight is 387 g/mol. The Morgan fingerprint density at radius 1 is 1.32 bits per heavy atom. The highest BCUT2D eigenvalue weighted by Gasteiger charge is 2.47. The number of urea groups is 1. The quantitative estimate of drug-likeness (QED) is 0.612. The third-order valence-corrected chi connectivity index (χ3v) is 6.76. The number of nitrogens with zero attached hydrogens (tertiary/aromatic N) is 3. The highest BCUT2D eigenvalue weighted by atomic mass is 16.6. The molecule has 1 saturated heterocycles. The Bertz CT molecular complexity index is 794. The summed E-state index contributed by atoms with van der Waals surface area (Å²) in [6.07, 6.45) is 1.75. The van der Waals surface area contributed by atoms with Gasteiger partial charge in [0, 0.05) is 67.4 Å². The number of hydrogen-bond acceptors (Lipinski definition) is 5. The maximum Gasteiger partial charge on any atom is 0.317 e. The molecule has 8 nitrogen and oxygen atoms in total. The molecule has 2 heterocycles. The van der Waals surface area contributed by atoms with Gasteiger partial charge in [0.25, 0.3) is 5.69 Å². The average Bonchev–Trinajstić information content (AvgIpc) is 3.07. The molecule has 4 rings (SSSR count). The second kappa shape index (κ2) is 7.24. The highest BCUT2D eigenvalue weighted by Crippen LogP contribution is 2.52. The Hall–Kier alpha value is -2.35. The molecule has 1 fully saturated rings. The van der Waals surface area contributed by atoms with Gasteiger partial charge in [0.15, 0.2) is 0 Å². The SMILES string of the molecule is CCN(CC)C(=O)N[C@H]1CC2c3c([N+](=O)[O-])ccc4c3C(CN4)C[C@H]2N(C)C1. The molecule has 0 saturated carbocycles. The summed E-state index contributed by atoms with van der Waals surface area (Å²) in [4.78, 5) is 28.2. The van der Waals surface area contributed by atoms with E-state index in [1.807, 2.05) is 19.9 Å². The topological polar surface area (TPSA) is 90.8 Å². The molecule has 152 valence electrons. The van der Waals surface area contributed by atoms with Gasteiger partial charge in [-0.3, -0.25) is 10.1 Å². The second-order valence-corrected chi connectivity index (χ2v) is 8.20. The van der Waals surface area contributed by atoms with Gasteiger partial charge in [0.05, 0.1) is 4.92 Å². The van der Waals surface area contributed by atoms with Crippen LogP contribution in [0, 0.1) is 10.1 Å². The Kier molecular flexibility index (Phi) is 4.91. The van der Waals surface area contributed by atoms with Gasteiger partial charge in [-0.15, -0.1) is 0 Å². The Morgan fingerprint density at radius 2 is 2.07 bits per heavy atom. The standard InChI is InChI=1S/C20H29N5O3/c1-4-24(5-2)20(26)22-13-9-14-17(23(3)11-13)8-12-10-21-15-6-7-16(25(27)28)19(14)18(12)15/h6-7,12-14,17,21H,4-5,8-11H2,1-3H3,(H,22,26)/t12?,13-,14?,17+/m0/s1. The number of hydrogen-bond donors (Lipinski definition) is 2. The molecule has 2 amide bonds. The first-order valence-electron chi connectivity index (χ1n) is 10.2. The fourth-order valence-electron chi connectivity index (χ4n) is 5.46. The number of likely N-dealkylation sites (tertiary alicyclic amines) is 1. The summed E-state index contributed by atoms with van der Waals surface area (Å²) >= 11 is 0. The number of nitrogens with one attached hydrogen (secondary N) is 2. The maximum atomic E-state index is 12.6. The summed E-state index contributed by atoms with van der Waals surface area (Å²) in [5.74, 6) is 0.391. The summed E-state index contributed by atoms with van der Waals surface area (Å²) in [5.41, 5.74) is 3.30. The number of fused-ring (bicyclic) bond motifs is 2. The Labute approximate surface area is 165 Å². The predicted octanol–water partition coefficient (Wildman–Crippen LogP) is 2.72. The van der Waals surface area contributed by atoms with E-state index in [9.17, 15) is 14.9 Å². The van der Waals surface area contributed by atoms with Crippen LogP contribution in [-0.2, 0) is 0 Å². The van der Waals surface area contributed by atoms with Crippen LogP contribution in [0.1, 0.15) is 49.7 Å². The Balaban J connectivity index is 1.66. The number of benzene rings is 1. The van der Waals surface area contributed by atoms with Crippen molar-refractivity contribution < 1.29 is 9.72 Å². The van der Waals surface area contributed by atoms with Gasteiger partial charge in [0.2, 0.25) is 0 Å². The van der Waals surface area contributed by atoms with E-state index in [4.69, 9.17) is 0 Å². The van der Waals surface area contributed by atoms with Crippen molar-refractivity contribution >= 4 is 17.4 Å². The fourth-order valence-corrected chi connectivity index (χ4v) is 5.46. The summed E-state index contributed by atoms with van der Waals surface area (Å²) in [5, 5.41) is 18.4. The van der Waals surface area contributed by atoms with Crippen LogP contribution >= 0.6 is 0 Å². The van der Waals surface area contributed by atoms with E-state index < -0.39 is 0 Å². The van der Waals surface area contributed by atoms with Crippen molar-refractivity contribution in [2.75, 3.05) is 38.5 Å². The first kappa shape index (κ1) is 19.0. The summed E-state index contributed by atoms with van der Waals surface area (Å²) in [6, 6.07) is 3.70. The minimum Gasteiger partial charge on any atom is -0.384 e. The van der Waals surface area contributed by atoms with Crippen LogP contribution in [0.25, 0.3) is 0 Å². The van der Waals surface area contributed by atoms with Crippen molar-refractivity contribution in [2.24, 2.45) is 0 Å². The molecule has 1 aromatic carbocycles. The van der Waals surface area contributed by atoms with E-state index in [1.54, 1.807) is 11.0 Å². The first-order valence-corrected chi connectivity index (χ1v) is 10.2. The number of rotatable bonds is 4. The first-order chi connectivity index (χ1) is 13.4. The van der Waals surface area contributed by atoms with Crippen molar-refractivity contribution in [2.45, 2.75) is 50.6 Å². The zero-order valence-electron chi connectivity index (χ0n) is 16.8. The predicted molar refractivity (Wildman–Crippen MR) is 108 cm³/mol. The molecule has 1 aromatic rings. The minimum absolute atomic E-state index is 0.0132. The molecule has 2 unspecified atom stereocenters. The van der Waals surface area contributed by atoms with E-state index in [0.717, 1.165) is 42.7 Å². The van der Waals surface area contributed by atoms with Crippen molar-refractivity contribution in [1.29, 1.82) is 0 Å². The van der Waals surface area contributed by atoms with Gasteiger partial charge in [0.1, 0.15) is 0 Å². The van der Waals surface area contributed by atoms with Crippen LogP contribution in [-0.4, -0.2) is 66.1 Å². The van der Waals surface area contributed by atoms with E-state index in [2.05, 4.69) is 22.6 Å². The molecule has 0 bridgehead atoms. The van der Waals surface area contributed by atoms with E-state index in [-0.39, 0.29) is 34.6 Å². The van der Waals surface area contributed by atoms with Gasteiger partial charge < -0.3 is 20.4 Å². The normalized spacial score (nSPS) is 28.1. The van der Waals surface area contributed by atoms with Crippen LogP contribution < -0.4 is 10.6 Å². The van der Waals surface area contributed by atoms with Crippen LogP contribution in [0.2, 0.25) is 0 Å². The molecule has 0 aromatic heterocycles. The number of carbonyl (C=O) groups excluding carboxylic acids is 1. The monoisotopic (exact) mass is 387 g/mol. The number of likely N-dealkylation sites (N-methyl/N-ethyl adjacent to an activating group) is 1.